The summed E-state index contributed by atoms with van der Waals surface area (Å²) in [6.45, 7) is 0. The maximum Gasteiger partial charge on any atom is 0.303 e. The van der Waals surface area contributed by atoms with Crippen molar-refractivity contribution in [3.63, 3.8) is 0 Å². The number of hydrogen-bond donors (Lipinski definition) is 2. The minimum Gasteiger partial charge on any atom is -0.481 e. The number of anilines is 1. The van der Waals surface area contributed by atoms with Crippen molar-refractivity contribution in [2.45, 2.75) is 360 Å². The van der Waals surface area contributed by atoms with Gasteiger partial charge >= 0.3 is 5.97 Å². The zero-order chi connectivity index (χ0) is 48.6. The van der Waals surface area contributed by atoms with Gasteiger partial charge in [0.25, 0.3) is 0 Å². The molecule has 1 aromatic carbocycles. The maximum absolute atomic E-state index is 12.0. The molecule has 0 bridgehead atoms. The van der Waals surface area contributed by atoms with Crippen LogP contribution in [0.1, 0.15) is 360 Å². The summed E-state index contributed by atoms with van der Waals surface area (Å²) in [6.07, 6.45) is 77.1. The smallest absolute Gasteiger partial charge is 0.303 e. The van der Waals surface area contributed by atoms with Crippen LogP contribution in [-0.4, -0.2) is 17.0 Å². The lowest BCUT2D eigenvalue weighted by atomic mass is 10.0. The van der Waals surface area contributed by atoms with Crippen molar-refractivity contribution in [3.8, 4) is 0 Å². The molecular weight excluding hydrogens is 831 g/mol. The number of nitrogens with one attached hydrogen (secondary N) is 1. The van der Waals surface area contributed by atoms with E-state index >= 15 is 0 Å². The Balaban J connectivity index is 1.60. The van der Waals surface area contributed by atoms with Crippen molar-refractivity contribution in [2.24, 2.45) is 0 Å². The van der Waals surface area contributed by atoms with Crippen LogP contribution in [0, 0.1) is 0 Å². The van der Waals surface area contributed by atoms with E-state index in [4.69, 9.17) is 5.11 Å². The molecule has 1 amide bonds. The summed E-state index contributed by atoms with van der Waals surface area (Å²) in [5, 5.41) is 11.7. The fourth-order valence-corrected chi connectivity index (χ4v) is 10.5. The Hall–Kier alpha value is -1.84. The summed E-state index contributed by atoms with van der Waals surface area (Å²) < 4.78 is 0. The molecule has 0 aliphatic carbocycles. The Labute approximate surface area is 425 Å². The van der Waals surface area contributed by atoms with Gasteiger partial charge in [-0.15, -0.1) is 0 Å². The van der Waals surface area contributed by atoms with Crippen LogP contribution in [0.25, 0.3) is 0 Å². The van der Waals surface area contributed by atoms with Crippen LogP contribution in [0.4, 0.5) is 5.69 Å². The third-order valence-electron chi connectivity index (χ3n) is 15.1. The van der Waals surface area contributed by atoms with Gasteiger partial charge in [-0.1, -0.05) is 352 Å². The highest BCUT2D eigenvalue weighted by Crippen LogP contribution is 2.20. The molecule has 0 heterocycles. The lowest BCUT2D eigenvalue weighted by Gasteiger charge is -2.05. The van der Waals surface area contributed by atoms with E-state index in [0.29, 0.717) is 12.8 Å². The Kier molecular flexibility index (Phi) is 52.9. The molecule has 0 aliphatic rings. The van der Waals surface area contributed by atoms with Crippen LogP contribution in [0.15, 0.2) is 30.3 Å². The van der Waals surface area contributed by atoms with E-state index in [1.807, 2.05) is 30.3 Å². The highest BCUT2D eigenvalue weighted by atomic mass is 16.4. The first kappa shape index (κ1) is 64.2. The second-order valence-electron chi connectivity index (χ2n) is 21.9. The molecule has 4 nitrogen and oxygen atoms in total. The average molecular weight is 951 g/mol. The quantitative estimate of drug-likeness (QED) is 0.0640. The number of unbranched alkanes of at least 4 members (excludes halogenated alkanes) is 53. The fourth-order valence-electron chi connectivity index (χ4n) is 10.5. The number of carbonyl (C=O) groups excluding carboxylic acids is 1. The number of carboxylic acids is 1. The Bertz CT molecular complexity index is 1120. The lowest BCUT2D eigenvalue weighted by molar-refractivity contribution is -0.137. The second kappa shape index (κ2) is 56.1. The first-order chi connectivity index (χ1) is 33.7. The number of carboxylic acid groups (broad SMARTS) is 1. The molecule has 2 N–H and O–H groups in total. The summed E-state index contributed by atoms with van der Waals surface area (Å²) >= 11 is 0. The van der Waals surface area contributed by atoms with Crippen LogP contribution in [0.3, 0.4) is 0 Å². The first-order valence-electron chi connectivity index (χ1n) is 31.2. The largest absolute Gasteiger partial charge is 0.481 e. The van der Waals surface area contributed by atoms with Gasteiger partial charge in [0.15, 0.2) is 0 Å². The van der Waals surface area contributed by atoms with Gasteiger partial charge in [0.1, 0.15) is 0 Å². The zero-order valence-corrected chi connectivity index (χ0v) is 45.7. The third kappa shape index (κ3) is 53.5. The fraction of sp³-hybridized carbons (Fsp3) is 0.875. The molecule has 0 saturated carbocycles. The van der Waals surface area contributed by atoms with Crippen molar-refractivity contribution in [1.82, 2.24) is 0 Å². The number of para-hydroxylation sites is 1. The molecule has 0 unspecified atom stereocenters. The minimum atomic E-state index is -0.648. The Morgan fingerprint density at radius 3 is 0.588 bits per heavy atom. The van der Waals surface area contributed by atoms with Crippen LogP contribution < -0.4 is 5.32 Å². The zero-order valence-electron chi connectivity index (χ0n) is 45.7. The van der Waals surface area contributed by atoms with Gasteiger partial charge < -0.3 is 10.4 Å². The van der Waals surface area contributed by atoms with Crippen molar-refractivity contribution in [2.75, 3.05) is 5.32 Å². The summed E-state index contributed by atoms with van der Waals surface area (Å²) in [6, 6.07) is 9.79. The van der Waals surface area contributed by atoms with Gasteiger partial charge in [-0.2, -0.15) is 0 Å². The number of hydrogen-bond acceptors (Lipinski definition) is 2. The molecule has 68 heavy (non-hydrogen) atoms. The van der Waals surface area contributed by atoms with Crippen molar-refractivity contribution in [3.05, 3.63) is 30.3 Å². The van der Waals surface area contributed by atoms with E-state index in [-0.39, 0.29) is 5.91 Å². The molecule has 0 saturated heterocycles. The highest BCUT2D eigenvalue weighted by molar-refractivity contribution is 5.90. The van der Waals surface area contributed by atoms with Crippen LogP contribution >= 0.6 is 0 Å². The van der Waals surface area contributed by atoms with E-state index in [0.717, 1.165) is 24.9 Å². The van der Waals surface area contributed by atoms with Gasteiger partial charge in [-0.25, -0.2) is 0 Å². The average Bonchev–Trinajstić information content (AvgIpc) is 3.34. The van der Waals surface area contributed by atoms with Crippen LogP contribution in [0.5, 0.6) is 0 Å². The number of amides is 1. The topological polar surface area (TPSA) is 66.4 Å². The lowest BCUT2D eigenvalue weighted by Crippen LogP contribution is -2.10. The molecule has 0 radical (unpaired) electrons. The highest BCUT2D eigenvalue weighted by Gasteiger charge is 2.03. The number of rotatable bonds is 58. The third-order valence-corrected chi connectivity index (χ3v) is 15.1. The van der Waals surface area contributed by atoms with Crippen molar-refractivity contribution < 1.29 is 14.7 Å². The molecule has 1 aromatic rings. The van der Waals surface area contributed by atoms with E-state index in [1.54, 1.807) is 0 Å². The number of benzene rings is 1. The first-order valence-corrected chi connectivity index (χ1v) is 31.2. The van der Waals surface area contributed by atoms with Crippen molar-refractivity contribution in [1.29, 1.82) is 0 Å². The SMILES string of the molecule is O=C(O)CCCCCCCCCCCCCCCCCCCCCCCCCCCCCCCCCCCCCCCCCCCCCCCCCCCCCCCCC(=O)Nc1ccccc1. The van der Waals surface area contributed by atoms with Gasteiger partial charge in [0.2, 0.25) is 5.91 Å². The summed E-state index contributed by atoms with van der Waals surface area (Å²) in [5.41, 5.74) is 0.905. The normalized spacial score (nSPS) is 11.5. The second-order valence-corrected chi connectivity index (χ2v) is 21.9. The van der Waals surface area contributed by atoms with Crippen LogP contribution in [0.2, 0.25) is 0 Å². The molecular formula is C64H119NO3. The molecule has 0 aromatic heterocycles. The summed E-state index contributed by atoms with van der Waals surface area (Å²) in [5.74, 6) is -0.498. The van der Waals surface area contributed by atoms with E-state index < -0.39 is 5.97 Å². The molecule has 0 spiro atoms. The van der Waals surface area contributed by atoms with E-state index in [1.165, 1.54) is 327 Å². The van der Waals surface area contributed by atoms with E-state index in [9.17, 15) is 9.59 Å². The maximum atomic E-state index is 12.0. The molecule has 0 fully saturated rings. The number of carbonyl (C=O) groups is 2. The minimum absolute atomic E-state index is 0.149. The van der Waals surface area contributed by atoms with Crippen LogP contribution in [-0.2, 0) is 9.59 Å². The van der Waals surface area contributed by atoms with Gasteiger partial charge in [-0.3, -0.25) is 9.59 Å². The monoisotopic (exact) mass is 950 g/mol. The molecule has 1 rings (SSSR count). The summed E-state index contributed by atoms with van der Waals surface area (Å²) in [7, 11) is 0. The van der Waals surface area contributed by atoms with Gasteiger partial charge in [0.05, 0.1) is 0 Å². The molecule has 0 aliphatic heterocycles. The Morgan fingerprint density at radius 2 is 0.412 bits per heavy atom. The molecule has 0 atom stereocenters. The standard InChI is InChI=1S/C64H119NO3/c66-63(65-62-58-54-53-55-59-62)60-56-51-49-47-45-43-41-39-37-35-33-31-29-27-25-23-21-19-17-15-13-11-9-7-5-3-1-2-4-6-8-10-12-14-16-18-20-22-24-26-28-30-32-34-36-38-40-42-44-46-48-50-52-57-61-64(67)68/h53-55,58-59H,1-52,56-57,60-61H2,(H,65,66)(H,67,68). The van der Waals surface area contributed by atoms with Gasteiger partial charge in [0, 0.05) is 18.5 Å². The predicted molar refractivity (Wildman–Crippen MR) is 301 cm³/mol. The number of aliphatic carboxylic acids is 1. The predicted octanol–water partition coefficient (Wildman–Crippen LogP) is 22.6. The summed E-state index contributed by atoms with van der Waals surface area (Å²) in [4.78, 5) is 22.6. The van der Waals surface area contributed by atoms with Gasteiger partial charge in [-0.05, 0) is 25.0 Å². The molecule has 398 valence electrons. The Morgan fingerprint density at radius 1 is 0.250 bits per heavy atom. The molecule has 4 heteroatoms. The van der Waals surface area contributed by atoms with Crippen molar-refractivity contribution >= 4 is 17.6 Å². The van der Waals surface area contributed by atoms with E-state index in [2.05, 4.69) is 5.32 Å².